The molecular formula is C23H21FN2O3. The molecule has 29 heavy (non-hydrogen) atoms. The summed E-state index contributed by atoms with van der Waals surface area (Å²) < 4.78 is 19.6. The summed E-state index contributed by atoms with van der Waals surface area (Å²) in [6.07, 6.45) is 0.925. The van der Waals surface area contributed by atoms with Gasteiger partial charge < -0.3 is 14.4 Å². The molecule has 0 saturated heterocycles. The van der Waals surface area contributed by atoms with Gasteiger partial charge in [-0.15, -0.1) is 0 Å². The number of carboxylic acids is 1. The topological polar surface area (TPSA) is 66.6 Å². The van der Waals surface area contributed by atoms with Crippen LogP contribution in [0.3, 0.4) is 0 Å². The normalized spacial score (nSPS) is 12.4. The van der Waals surface area contributed by atoms with Crippen molar-refractivity contribution in [2.24, 2.45) is 0 Å². The molecule has 0 bridgehead atoms. The number of aromatic carboxylic acids is 1. The second-order valence-corrected chi connectivity index (χ2v) is 7.23. The third-order valence-electron chi connectivity index (χ3n) is 5.39. The molecule has 2 heterocycles. The number of nitrogens with zero attached hydrogens (tertiary/aromatic N) is 2. The number of hydrogen-bond acceptors (Lipinski definition) is 4. The summed E-state index contributed by atoms with van der Waals surface area (Å²) in [7, 11) is 1.98. The Morgan fingerprint density at radius 1 is 1.17 bits per heavy atom. The fraction of sp³-hybridized carbons (Fsp3) is 0.217. The molecule has 5 nitrogen and oxygen atoms in total. The van der Waals surface area contributed by atoms with Gasteiger partial charge in [-0.3, -0.25) is 0 Å². The fourth-order valence-corrected chi connectivity index (χ4v) is 3.39. The smallest absolute Gasteiger partial charge is 0.335 e. The van der Waals surface area contributed by atoms with Gasteiger partial charge in [0.1, 0.15) is 17.1 Å². The number of halogens is 1. The highest BCUT2D eigenvalue weighted by molar-refractivity contribution is 5.96. The lowest BCUT2D eigenvalue weighted by molar-refractivity contribution is 0.0697. The number of aromatic nitrogens is 1. The van der Waals surface area contributed by atoms with Crippen molar-refractivity contribution in [1.29, 1.82) is 0 Å². The lowest BCUT2D eigenvalue weighted by Crippen LogP contribution is -2.28. The summed E-state index contributed by atoms with van der Waals surface area (Å²) in [5.41, 5.74) is 2.93. The number of carboxylic acid groups (broad SMARTS) is 1. The maximum Gasteiger partial charge on any atom is 0.335 e. The second kappa shape index (κ2) is 7.20. The predicted octanol–water partition coefficient (Wildman–Crippen LogP) is 5.72. The third kappa shape index (κ3) is 3.42. The zero-order chi connectivity index (χ0) is 20.7. The van der Waals surface area contributed by atoms with Crippen LogP contribution in [0.25, 0.3) is 33.3 Å². The predicted molar refractivity (Wildman–Crippen MR) is 112 cm³/mol. The molecule has 0 unspecified atom stereocenters. The molecule has 0 amide bonds. The van der Waals surface area contributed by atoms with Crippen molar-refractivity contribution in [2.75, 3.05) is 11.9 Å². The van der Waals surface area contributed by atoms with Gasteiger partial charge in [-0.05, 0) is 61.9 Å². The molecule has 6 heteroatoms. The Labute approximate surface area is 167 Å². The number of furan rings is 1. The molecular weight excluding hydrogens is 371 g/mol. The van der Waals surface area contributed by atoms with Crippen LogP contribution in [0.5, 0.6) is 0 Å². The first kappa shape index (κ1) is 18.9. The molecule has 0 aliphatic carbocycles. The van der Waals surface area contributed by atoms with Gasteiger partial charge in [0.25, 0.3) is 0 Å². The summed E-state index contributed by atoms with van der Waals surface area (Å²) in [6.45, 7) is 4.21. The van der Waals surface area contributed by atoms with Crippen LogP contribution in [0.4, 0.5) is 10.1 Å². The summed E-state index contributed by atoms with van der Waals surface area (Å²) in [4.78, 5) is 18.2. The summed E-state index contributed by atoms with van der Waals surface area (Å²) in [5, 5.41) is 10.7. The molecule has 148 valence electrons. The van der Waals surface area contributed by atoms with E-state index in [0.717, 1.165) is 17.5 Å². The highest BCUT2D eigenvalue weighted by Gasteiger charge is 2.20. The van der Waals surface area contributed by atoms with E-state index in [1.165, 1.54) is 18.2 Å². The first-order valence-corrected chi connectivity index (χ1v) is 9.47. The monoisotopic (exact) mass is 392 g/mol. The van der Waals surface area contributed by atoms with Gasteiger partial charge in [0.15, 0.2) is 5.76 Å². The van der Waals surface area contributed by atoms with E-state index < -0.39 is 5.97 Å². The largest absolute Gasteiger partial charge is 0.478 e. The van der Waals surface area contributed by atoms with E-state index in [2.05, 4.69) is 18.7 Å². The zero-order valence-corrected chi connectivity index (χ0v) is 16.4. The van der Waals surface area contributed by atoms with E-state index in [-0.39, 0.29) is 17.4 Å². The van der Waals surface area contributed by atoms with Gasteiger partial charge in [0.05, 0.1) is 16.8 Å². The van der Waals surface area contributed by atoms with Crippen molar-refractivity contribution < 1.29 is 18.7 Å². The van der Waals surface area contributed by atoms with E-state index in [9.17, 15) is 14.3 Å². The summed E-state index contributed by atoms with van der Waals surface area (Å²) >= 11 is 0. The van der Waals surface area contributed by atoms with Crippen LogP contribution in [-0.4, -0.2) is 29.1 Å². The maximum atomic E-state index is 13.6. The minimum absolute atomic E-state index is 0.211. The fourth-order valence-electron chi connectivity index (χ4n) is 3.39. The molecule has 2 aromatic carbocycles. The maximum absolute atomic E-state index is 13.6. The SMILES string of the molecule is CC[C@H](C)N(C)c1cc2cc(C(=O)O)ccc2nc1-c1cc2cc(F)ccc2o1. The molecule has 4 rings (SSSR count). The molecule has 2 aromatic heterocycles. The van der Waals surface area contributed by atoms with Gasteiger partial charge in [-0.1, -0.05) is 6.92 Å². The van der Waals surface area contributed by atoms with Crippen LogP contribution in [-0.2, 0) is 0 Å². The number of rotatable bonds is 5. The van der Waals surface area contributed by atoms with Crippen molar-refractivity contribution in [3.63, 3.8) is 0 Å². The minimum atomic E-state index is -0.980. The van der Waals surface area contributed by atoms with Gasteiger partial charge in [0.2, 0.25) is 0 Å². The van der Waals surface area contributed by atoms with Crippen LogP contribution < -0.4 is 4.90 Å². The molecule has 0 radical (unpaired) electrons. The van der Waals surface area contributed by atoms with Crippen molar-refractivity contribution in [3.05, 3.63) is 59.9 Å². The highest BCUT2D eigenvalue weighted by Crippen LogP contribution is 2.36. The Bertz CT molecular complexity index is 1230. The number of pyridine rings is 1. The number of carbonyl (C=O) groups is 1. The van der Waals surface area contributed by atoms with Crippen LogP contribution in [0, 0.1) is 5.82 Å². The van der Waals surface area contributed by atoms with Crippen molar-refractivity contribution >= 4 is 33.5 Å². The quantitative estimate of drug-likeness (QED) is 0.470. The van der Waals surface area contributed by atoms with Crippen molar-refractivity contribution in [3.8, 4) is 11.5 Å². The molecule has 1 atom stereocenters. The molecule has 0 aliphatic heterocycles. The Hall–Kier alpha value is -3.41. The third-order valence-corrected chi connectivity index (χ3v) is 5.39. The molecule has 4 aromatic rings. The van der Waals surface area contributed by atoms with E-state index >= 15 is 0 Å². The van der Waals surface area contributed by atoms with Gasteiger partial charge >= 0.3 is 5.97 Å². The molecule has 1 N–H and O–H groups in total. The number of anilines is 1. The van der Waals surface area contributed by atoms with Crippen LogP contribution >= 0.6 is 0 Å². The first-order chi connectivity index (χ1) is 13.9. The Morgan fingerprint density at radius 2 is 1.97 bits per heavy atom. The molecule has 0 saturated carbocycles. The number of hydrogen-bond donors (Lipinski definition) is 1. The van der Waals surface area contributed by atoms with Crippen molar-refractivity contribution in [2.45, 2.75) is 26.3 Å². The van der Waals surface area contributed by atoms with Gasteiger partial charge in [-0.2, -0.15) is 0 Å². The van der Waals surface area contributed by atoms with Crippen molar-refractivity contribution in [1.82, 2.24) is 4.98 Å². The summed E-state index contributed by atoms with van der Waals surface area (Å²) in [6, 6.07) is 13.2. The zero-order valence-electron chi connectivity index (χ0n) is 16.4. The van der Waals surface area contributed by atoms with E-state index in [4.69, 9.17) is 9.40 Å². The average molecular weight is 392 g/mol. The Kier molecular flexibility index (Phi) is 4.70. The standard InChI is InChI=1S/C23H21FN2O3/c1-4-13(2)26(3)19-11-15-9-14(23(27)28)5-7-18(15)25-22(19)21-12-16-10-17(24)6-8-20(16)29-21/h5-13H,4H2,1-3H3,(H,27,28)/t13-/m0/s1. The molecule has 0 aliphatic rings. The lowest BCUT2D eigenvalue weighted by atomic mass is 10.1. The van der Waals surface area contributed by atoms with Crippen LogP contribution in [0.15, 0.2) is 52.9 Å². The van der Waals surface area contributed by atoms with Crippen LogP contribution in [0.1, 0.15) is 30.6 Å². The van der Waals surface area contributed by atoms with E-state index in [0.29, 0.717) is 27.9 Å². The highest BCUT2D eigenvalue weighted by atomic mass is 19.1. The van der Waals surface area contributed by atoms with E-state index in [1.807, 2.05) is 13.1 Å². The van der Waals surface area contributed by atoms with Crippen LogP contribution in [0.2, 0.25) is 0 Å². The Balaban J connectivity index is 1.96. The minimum Gasteiger partial charge on any atom is -0.478 e. The average Bonchev–Trinajstić information content (AvgIpc) is 3.14. The molecule has 0 spiro atoms. The first-order valence-electron chi connectivity index (χ1n) is 9.47. The molecule has 0 fully saturated rings. The summed E-state index contributed by atoms with van der Waals surface area (Å²) in [5.74, 6) is -0.762. The lowest BCUT2D eigenvalue weighted by Gasteiger charge is -2.27. The van der Waals surface area contributed by atoms with Gasteiger partial charge in [0, 0.05) is 23.9 Å². The van der Waals surface area contributed by atoms with E-state index in [1.54, 1.807) is 24.3 Å². The number of benzene rings is 2. The Morgan fingerprint density at radius 3 is 2.69 bits per heavy atom. The van der Waals surface area contributed by atoms with Gasteiger partial charge in [-0.25, -0.2) is 14.2 Å². The second-order valence-electron chi connectivity index (χ2n) is 7.23. The number of fused-ring (bicyclic) bond motifs is 2.